The van der Waals surface area contributed by atoms with Crippen molar-refractivity contribution >= 4 is 83.3 Å². The zero-order valence-corrected chi connectivity index (χ0v) is 25.4. The molecule has 0 atom stereocenters. The number of rotatable bonds is 16. The van der Waals surface area contributed by atoms with Crippen LogP contribution in [0.2, 0.25) is 0 Å². The molecular weight excluding hydrogens is 606 g/mol. The SMILES string of the molecule is CC(C)CCCCCSCC(=O)[O-].CC(C)CCCCCSCC(=O)[O-].[Sn+4].[Sn+4]. The standard InChI is InChI=1S/2C10H20O2S.2Sn/c2*1-9(2)6-4-3-5-7-13-8-10(11)12;;/h2*9H,3-8H2,1-2H3,(H,11,12);;/q;;2*+4/p-2. The molecule has 0 aromatic heterocycles. The number of carbonyl (C=O) groups excluding carboxylic acids is 2. The van der Waals surface area contributed by atoms with Crippen molar-refractivity contribution < 1.29 is 19.8 Å². The average Bonchev–Trinajstić information content (AvgIpc) is 2.52. The summed E-state index contributed by atoms with van der Waals surface area (Å²) < 4.78 is 0. The Labute approximate surface area is 215 Å². The van der Waals surface area contributed by atoms with E-state index >= 15 is 0 Å². The molecule has 0 aromatic carbocycles. The van der Waals surface area contributed by atoms with Crippen LogP contribution in [0.15, 0.2) is 0 Å². The molecule has 0 aliphatic rings. The molecule has 0 spiro atoms. The van der Waals surface area contributed by atoms with E-state index in [-0.39, 0.29) is 59.3 Å². The molecule has 28 heavy (non-hydrogen) atoms. The van der Waals surface area contributed by atoms with Crippen molar-refractivity contribution in [3.63, 3.8) is 0 Å². The Morgan fingerprint density at radius 1 is 0.643 bits per heavy atom. The van der Waals surface area contributed by atoms with Crippen LogP contribution in [0.3, 0.4) is 0 Å². The normalized spacial score (nSPS) is 9.93. The van der Waals surface area contributed by atoms with Crippen LogP contribution >= 0.6 is 23.5 Å². The van der Waals surface area contributed by atoms with Gasteiger partial charge in [-0.25, -0.2) is 0 Å². The van der Waals surface area contributed by atoms with E-state index in [0.29, 0.717) is 0 Å². The Morgan fingerprint density at radius 2 is 0.964 bits per heavy atom. The first-order chi connectivity index (χ1) is 12.3. The molecule has 0 fully saturated rings. The van der Waals surface area contributed by atoms with E-state index in [9.17, 15) is 19.8 Å². The molecule has 0 saturated carbocycles. The summed E-state index contributed by atoms with van der Waals surface area (Å²) >= 11 is 2.92. The zero-order valence-electron chi connectivity index (χ0n) is 18.1. The van der Waals surface area contributed by atoms with Gasteiger partial charge in [-0.1, -0.05) is 66.2 Å². The third-order valence-corrected chi connectivity index (χ3v) is 5.61. The van der Waals surface area contributed by atoms with Crippen molar-refractivity contribution in [1.29, 1.82) is 0 Å². The van der Waals surface area contributed by atoms with Crippen molar-refractivity contribution in [1.82, 2.24) is 0 Å². The van der Waals surface area contributed by atoms with Gasteiger partial charge in [-0.3, -0.25) is 0 Å². The maximum atomic E-state index is 10.0. The van der Waals surface area contributed by atoms with Gasteiger partial charge in [0.15, 0.2) is 0 Å². The summed E-state index contributed by atoms with van der Waals surface area (Å²) in [6.45, 7) is 8.91. The summed E-state index contributed by atoms with van der Waals surface area (Å²) in [5.74, 6) is 1.86. The monoisotopic (exact) mass is 646 g/mol. The molecule has 0 bridgehead atoms. The first-order valence-corrected chi connectivity index (χ1v) is 12.1. The largest absolute Gasteiger partial charge is 4.00 e. The van der Waals surface area contributed by atoms with E-state index in [1.165, 1.54) is 62.0 Å². The van der Waals surface area contributed by atoms with Crippen LogP contribution in [0.5, 0.6) is 0 Å². The van der Waals surface area contributed by atoms with Crippen LogP contribution in [0.4, 0.5) is 0 Å². The number of hydrogen-bond acceptors (Lipinski definition) is 6. The zero-order chi connectivity index (χ0) is 20.2. The van der Waals surface area contributed by atoms with Crippen LogP contribution in [-0.2, 0) is 9.59 Å². The summed E-state index contributed by atoms with van der Waals surface area (Å²) in [4.78, 5) is 20.1. The Hall–Kier alpha value is 1.24. The predicted molar refractivity (Wildman–Crippen MR) is 123 cm³/mol. The fourth-order valence-corrected chi connectivity index (χ4v) is 3.62. The molecule has 156 valence electrons. The molecule has 0 rings (SSSR count). The van der Waals surface area contributed by atoms with Gasteiger partial charge >= 0.3 is 47.8 Å². The Kier molecular flexibility index (Phi) is 36.9. The summed E-state index contributed by atoms with van der Waals surface area (Å²) in [5, 5.41) is 20.1. The molecule has 0 amide bonds. The van der Waals surface area contributed by atoms with Crippen LogP contribution in [0, 0.1) is 11.8 Å². The minimum absolute atomic E-state index is 0. The average molecular weight is 644 g/mol. The molecule has 0 saturated heterocycles. The van der Waals surface area contributed by atoms with Gasteiger partial charge in [0.2, 0.25) is 0 Å². The summed E-state index contributed by atoms with van der Waals surface area (Å²) in [6.07, 6.45) is 9.80. The van der Waals surface area contributed by atoms with Gasteiger partial charge < -0.3 is 19.8 Å². The molecule has 0 aliphatic heterocycles. The number of unbranched alkanes of at least 4 members (excludes halogenated alkanes) is 4. The third kappa shape index (κ3) is 41.6. The first-order valence-electron chi connectivity index (χ1n) is 9.80. The minimum atomic E-state index is -0.952. The molecule has 0 heterocycles. The van der Waals surface area contributed by atoms with Crippen LogP contribution in [-0.4, -0.2) is 82.8 Å². The maximum absolute atomic E-state index is 10.0. The van der Waals surface area contributed by atoms with E-state index in [0.717, 1.165) is 36.2 Å². The maximum Gasteiger partial charge on any atom is 4.00 e. The molecule has 4 nitrogen and oxygen atoms in total. The molecule has 0 radical (unpaired) electrons. The number of thioether (sulfide) groups is 2. The minimum Gasteiger partial charge on any atom is -0.549 e. The molecule has 0 aromatic rings. The number of carbonyl (C=O) groups is 2. The van der Waals surface area contributed by atoms with Crippen molar-refractivity contribution in [3.05, 3.63) is 0 Å². The second kappa shape index (κ2) is 28.2. The third-order valence-electron chi connectivity index (χ3n) is 3.58. The molecule has 8 heteroatoms. The van der Waals surface area contributed by atoms with Crippen molar-refractivity contribution in [2.75, 3.05) is 23.0 Å². The van der Waals surface area contributed by atoms with Gasteiger partial charge in [0, 0.05) is 11.5 Å². The van der Waals surface area contributed by atoms with Gasteiger partial charge in [-0.2, -0.15) is 23.5 Å². The van der Waals surface area contributed by atoms with E-state index < -0.39 is 11.9 Å². The van der Waals surface area contributed by atoms with Gasteiger partial charge in [0.1, 0.15) is 0 Å². The Balaban J connectivity index is -0.000000192. The van der Waals surface area contributed by atoms with Crippen molar-refractivity contribution in [2.45, 2.75) is 79.1 Å². The molecule has 0 N–H and O–H groups in total. The first kappa shape index (κ1) is 36.6. The van der Waals surface area contributed by atoms with Crippen LogP contribution in [0.1, 0.15) is 79.1 Å². The van der Waals surface area contributed by atoms with E-state index in [4.69, 9.17) is 0 Å². The second-order valence-corrected chi connectivity index (χ2v) is 9.55. The second-order valence-electron chi connectivity index (χ2n) is 7.34. The number of hydrogen-bond donors (Lipinski definition) is 0. The topological polar surface area (TPSA) is 80.3 Å². The fraction of sp³-hybridized carbons (Fsp3) is 0.900. The van der Waals surface area contributed by atoms with Gasteiger partial charge in [0.05, 0.1) is 11.9 Å². The van der Waals surface area contributed by atoms with Crippen LogP contribution in [0.25, 0.3) is 0 Å². The number of aliphatic carboxylic acids is 2. The van der Waals surface area contributed by atoms with E-state index in [2.05, 4.69) is 27.7 Å². The summed E-state index contributed by atoms with van der Waals surface area (Å²) in [6, 6.07) is 0. The van der Waals surface area contributed by atoms with Crippen molar-refractivity contribution in [3.8, 4) is 0 Å². The van der Waals surface area contributed by atoms with Crippen LogP contribution < -0.4 is 10.2 Å². The summed E-state index contributed by atoms with van der Waals surface area (Å²) in [7, 11) is 0. The molecule has 0 aliphatic carbocycles. The smallest absolute Gasteiger partial charge is 0.549 e. The summed E-state index contributed by atoms with van der Waals surface area (Å²) in [5.41, 5.74) is 0. The molecular formula is C20H38O4S2Sn2+6. The van der Waals surface area contributed by atoms with Crippen molar-refractivity contribution in [2.24, 2.45) is 11.8 Å². The fourth-order valence-electron chi connectivity index (χ4n) is 2.18. The van der Waals surface area contributed by atoms with E-state index in [1.807, 2.05) is 0 Å². The van der Waals surface area contributed by atoms with Gasteiger partial charge in [-0.15, -0.1) is 0 Å². The Bertz CT molecular complexity index is 312. The van der Waals surface area contributed by atoms with Gasteiger partial charge in [0.25, 0.3) is 0 Å². The number of carboxylic acids is 2. The quantitative estimate of drug-likeness (QED) is 0.190. The predicted octanol–water partition coefficient (Wildman–Crippen LogP) is 2.61. The number of carboxylic acid groups (broad SMARTS) is 2. The molecule has 0 unspecified atom stereocenters. The van der Waals surface area contributed by atoms with Gasteiger partial charge in [-0.05, 0) is 36.2 Å². The Morgan fingerprint density at radius 3 is 1.21 bits per heavy atom. The van der Waals surface area contributed by atoms with E-state index in [1.54, 1.807) is 0 Å².